The van der Waals surface area contributed by atoms with Crippen LogP contribution < -0.4 is 20.3 Å². The van der Waals surface area contributed by atoms with Crippen LogP contribution in [0.4, 0.5) is 5.69 Å². The number of hydrogen-bond donors (Lipinski definition) is 2. The van der Waals surface area contributed by atoms with E-state index in [9.17, 15) is 9.59 Å². The molecule has 1 heterocycles. The van der Waals surface area contributed by atoms with E-state index in [1.165, 1.54) is 7.11 Å². The van der Waals surface area contributed by atoms with E-state index >= 15 is 0 Å². The van der Waals surface area contributed by atoms with Crippen molar-refractivity contribution in [1.29, 1.82) is 0 Å². The van der Waals surface area contributed by atoms with Crippen molar-refractivity contribution in [3.05, 3.63) is 81.1 Å². The van der Waals surface area contributed by atoms with Gasteiger partial charge in [-0.1, -0.05) is 30.3 Å². The van der Waals surface area contributed by atoms with Crippen LogP contribution in [-0.2, 0) is 4.79 Å². The Morgan fingerprint density at radius 2 is 1.88 bits per heavy atom. The van der Waals surface area contributed by atoms with Crippen molar-refractivity contribution >= 4 is 38.4 Å². The number of H-pyrrole nitrogens is 1. The molecule has 4 rings (SSSR count). The van der Waals surface area contributed by atoms with Gasteiger partial charge in [-0.25, -0.2) is 4.98 Å². The lowest BCUT2D eigenvalue weighted by atomic mass is 10.1. The molecule has 0 aliphatic rings. The highest BCUT2D eigenvalue weighted by molar-refractivity contribution is 9.10. The molecule has 162 valence electrons. The van der Waals surface area contributed by atoms with Crippen LogP contribution >= 0.6 is 15.9 Å². The predicted molar refractivity (Wildman–Crippen MR) is 127 cm³/mol. The molecular formula is C24H20BrN3O4. The number of aromatic nitrogens is 2. The minimum absolute atomic E-state index is 0.201. The second-order valence-corrected chi connectivity index (χ2v) is 7.93. The summed E-state index contributed by atoms with van der Waals surface area (Å²) in [5.41, 5.74) is 2.69. The fourth-order valence-electron chi connectivity index (χ4n) is 3.26. The van der Waals surface area contributed by atoms with Gasteiger partial charge in [-0.2, -0.15) is 0 Å². The van der Waals surface area contributed by atoms with Gasteiger partial charge in [-0.15, -0.1) is 0 Å². The lowest BCUT2D eigenvalue weighted by Crippen LogP contribution is -2.21. The number of amides is 1. The highest BCUT2D eigenvalue weighted by Gasteiger charge is 2.16. The van der Waals surface area contributed by atoms with Gasteiger partial charge in [-0.3, -0.25) is 9.59 Å². The molecule has 0 radical (unpaired) electrons. The number of anilines is 1. The number of carbonyl (C=O) groups is 1. The molecule has 0 fully saturated rings. The van der Waals surface area contributed by atoms with Gasteiger partial charge in [-0.05, 0) is 58.7 Å². The Labute approximate surface area is 192 Å². The molecule has 1 aromatic heterocycles. The van der Waals surface area contributed by atoms with Crippen LogP contribution in [0.1, 0.15) is 5.56 Å². The normalized spacial score (nSPS) is 10.7. The molecule has 0 spiro atoms. The first-order valence-corrected chi connectivity index (χ1v) is 10.6. The van der Waals surface area contributed by atoms with Crippen molar-refractivity contribution in [2.45, 2.75) is 6.92 Å². The minimum atomic E-state index is -0.294. The Balaban J connectivity index is 1.58. The van der Waals surface area contributed by atoms with Crippen LogP contribution in [0.25, 0.3) is 22.3 Å². The molecule has 0 aliphatic heterocycles. The number of carbonyl (C=O) groups excluding carboxylic acids is 1. The lowest BCUT2D eigenvalue weighted by Gasteiger charge is -2.15. The second-order valence-electron chi connectivity index (χ2n) is 7.07. The van der Waals surface area contributed by atoms with E-state index < -0.39 is 0 Å². The molecule has 0 saturated heterocycles. The Hall–Kier alpha value is -3.65. The van der Waals surface area contributed by atoms with E-state index in [1.807, 2.05) is 37.3 Å². The molecular weight excluding hydrogens is 474 g/mol. The van der Waals surface area contributed by atoms with Crippen molar-refractivity contribution in [1.82, 2.24) is 9.97 Å². The number of nitrogens with zero attached hydrogens (tertiary/aromatic N) is 1. The van der Waals surface area contributed by atoms with Gasteiger partial charge in [0.05, 0.1) is 22.5 Å². The van der Waals surface area contributed by atoms with Crippen LogP contribution in [0.2, 0.25) is 0 Å². The zero-order valence-corrected chi connectivity index (χ0v) is 19.0. The zero-order valence-electron chi connectivity index (χ0n) is 17.4. The number of nitrogens with one attached hydrogen (secondary N) is 2. The third-order valence-corrected chi connectivity index (χ3v) is 5.47. The van der Waals surface area contributed by atoms with Gasteiger partial charge in [0.1, 0.15) is 5.82 Å². The first-order chi connectivity index (χ1) is 15.5. The average molecular weight is 494 g/mol. The molecule has 2 N–H and O–H groups in total. The third kappa shape index (κ3) is 4.50. The highest BCUT2D eigenvalue weighted by Crippen LogP contribution is 2.39. The van der Waals surface area contributed by atoms with E-state index in [-0.39, 0.29) is 18.1 Å². The fourth-order valence-corrected chi connectivity index (χ4v) is 3.81. The Bertz CT molecular complexity index is 1370. The number of aryl methyl sites for hydroxylation is 1. The Morgan fingerprint density at radius 1 is 1.12 bits per heavy atom. The summed E-state index contributed by atoms with van der Waals surface area (Å²) in [4.78, 5) is 32.1. The molecule has 32 heavy (non-hydrogen) atoms. The number of methoxy groups -OCH3 is 1. The average Bonchev–Trinajstić information content (AvgIpc) is 2.79. The summed E-state index contributed by atoms with van der Waals surface area (Å²) in [5.74, 6) is 0.877. The second kappa shape index (κ2) is 9.23. The van der Waals surface area contributed by atoms with Crippen molar-refractivity contribution in [2.24, 2.45) is 0 Å². The quantitative estimate of drug-likeness (QED) is 0.406. The first kappa shape index (κ1) is 21.6. The summed E-state index contributed by atoms with van der Waals surface area (Å²) in [6, 6.07) is 18.1. The number of benzene rings is 3. The smallest absolute Gasteiger partial charge is 0.262 e. The number of ether oxygens (including phenoxy) is 2. The van der Waals surface area contributed by atoms with Gasteiger partial charge in [0.15, 0.2) is 18.1 Å². The van der Waals surface area contributed by atoms with E-state index in [0.29, 0.717) is 38.3 Å². The number of rotatable bonds is 6. The monoisotopic (exact) mass is 493 g/mol. The van der Waals surface area contributed by atoms with Crippen LogP contribution in [0.15, 0.2) is 69.9 Å². The van der Waals surface area contributed by atoms with Crippen LogP contribution in [0, 0.1) is 6.92 Å². The zero-order chi connectivity index (χ0) is 22.7. The molecule has 0 unspecified atom stereocenters. The topological polar surface area (TPSA) is 93.3 Å². The van der Waals surface area contributed by atoms with Gasteiger partial charge in [0, 0.05) is 11.3 Å². The first-order valence-electron chi connectivity index (χ1n) is 9.81. The molecule has 1 amide bonds. The van der Waals surface area contributed by atoms with Gasteiger partial charge < -0.3 is 19.8 Å². The molecule has 4 aromatic rings. The van der Waals surface area contributed by atoms with Gasteiger partial charge in [0.25, 0.3) is 11.5 Å². The molecule has 7 nitrogen and oxygen atoms in total. The molecule has 0 aliphatic carbocycles. The fraction of sp³-hybridized carbons (Fsp3) is 0.125. The summed E-state index contributed by atoms with van der Waals surface area (Å²) in [6.45, 7) is 1.72. The summed E-state index contributed by atoms with van der Waals surface area (Å²) in [7, 11) is 1.50. The SMILES string of the molecule is COc1cc(-c2nc3ccccc3c(=O)[nH]2)cc(Br)c1OCC(=O)Nc1ccccc1C. The number of halogens is 1. The van der Waals surface area contributed by atoms with Crippen LogP contribution in [0.3, 0.4) is 0 Å². The molecule has 3 aromatic carbocycles. The van der Waals surface area contributed by atoms with Crippen molar-refractivity contribution < 1.29 is 14.3 Å². The summed E-state index contributed by atoms with van der Waals surface area (Å²) in [6.07, 6.45) is 0. The maximum Gasteiger partial charge on any atom is 0.262 e. The Kier molecular flexibility index (Phi) is 6.23. The summed E-state index contributed by atoms with van der Waals surface area (Å²) >= 11 is 3.48. The summed E-state index contributed by atoms with van der Waals surface area (Å²) < 4.78 is 11.8. The van der Waals surface area contributed by atoms with Gasteiger partial charge >= 0.3 is 0 Å². The molecule has 0 bridgehead atoms. The van der Waals surface area contributed by atoms with Crippen molar-refractivity contribution in [3.63, 3.8) is 0 Å². The number of hydrogen-bond acceptors (Lipinski definition) is 5. The van der Waals surface area contributed by atoms with Crippen molar-refractivity contribution in [2.75, 3.05) is 19.0 Å². The molecule has 8 heteroatoms. The number of para-hydroxylation sites is 2. The number of fused-ring (bicyclic) bond motifs is 1. The van der Waals surface area contributed by atoms with Crippen LogP contribution in [0.5, 0.6) is 11.5 Å². The number of aromatic amines is 1. The predicted octanol–water partition coefficient (Wildman–Crippen LogP) is 4.69. The minimum Gasteiger partial charge on any atom is -0.493 e. The summed E-state index contributed by atoms with van der Waals surface area (Å²) in [5, 5.41) is 3.34. The molecule has 0 saturated carbocycles. The molecule has 0 atom stereocenters. The van der Waals surface area contributed by atoms with Crippen LogP contribution in [-0.4, -0.2) is 29.6 Å². The Morgan fingerprint density at radius 3 is 2.66 bits per heavy atom. The third-order valence-electron chi connectivity index (χ3n) is 4.88. The maximum absolute atomic E-state index is 12.4. The van der Waals surface area contributed by atoms with Crippen molar-refractivity contribution in [3.8, 4) is 22.9 Å². The maximum atomic E-state index is 12.4. The van der Waals surface area contributed by atoms with E-state index in [4.69, 9.17) is 9.47 Å². The lowest BCUT2D eigenvalue weighted by molar-refractivity contribution is -0.118. The largest absolute Gasteiger partial charge is 0.493 e. The van der Waals surface area contributed by atoms with E-state index in [1.54, 1.807) is 30.3 Å². The van der Waals surface area contributed by atoms with E-state index in [0.717, 1.165) is 11.3 Å². The standard InChI is InChI=1S/C24H20BrN3O4/c1-14-7-3-5-9-18(14)26-21(29)13-32-22-17(25)11-15(12-20(22)31-2)23-27-19-10-6-4-8-16(19)24(30)28-23/h3-12H,13H2,1-2H3,(H,26,29)(H,27,28,30). The van der Waals surface area contributed by atoms with Gasteiger partial charge in [0.2, 0.25) is 0 Å². The van der Waals surface area contributed by atoms with E-state index in [2.05, 4.69) is 31.2 Å². The highest BCUT2D eigenvalue weighted by atomic mass is 79.9.